The highest BCUT2D eigenvalue weighted by atomic mass is 28.4. The maximum absolute atomic E-state index is 13.0. The maximum Gasteiger partial charge on any atom is 0.261 e. The highest BCUT2D eigenvalue weighted by molar-refractivity contribution is 6.99. The third-order valence-electron chi connectivity index (χ3n) is 7.61. The van der Waals surface area contributed by atoms with E-state index in [0.717, 1.165) is 22.2 Å². The maximum atomic E-state index is 13.0. The van der Waals surface area contributed by atoms with E-state index < -0.39 is 38.2 Å². The summed E-state index contributed by atoms with van der Waals surface area (Å²) in [5.74, 6) is -0.850. The van der Waals surface area contributed by atoms with Gasteiger partial charge < -0.3 is 23.4 Å². The number of carbonyl (C=O) groups is 1. The predicted molar refractivity (Wildman–Crippen MR) is 152 cm³/mol. The van der Waals surface area contributed by atoms with Crippen molar-refractivity contribution >= 4 is 25.0 Å². The molecule has 4 atom stereocenters. The van der Waals surface area contributed by atoms with Crippen molar-refractivity contribution in [3.05, 3.63) is 96.6 Å². The Balaban J connectivity index is 1.53. The topological polar surface area (TPSA) is 63.2 Å². The van der Waals surface area contributed by atoms with Gasteiger partial charge in [0.15, 0.2) is 24.0 Å². The van der Waals surface area contributed by atoms with Crippen LogP contribution in [0.15, 0.2) is 91.0 Å². The molecule has 2 heterocycles. The number of hydrogen-bond acceptors (Lipinski definition) is 6. The van der Waals surface area contributed by atoms with Crippen LogP contribution in [0.5, 0.6) is 0 Å². The van der Waals surface area contributed by atoms with E-state index in [1.54, 1.807) is 0 Å². The van der Waals surface area contributed by atoms with Crippen molar-refractivity contribution in [3.63, 3.8) is 0 Å². The fourth-order valence-electron chi connectivity index (χ4n) is 5.84. The number of fused-ring (bicyclic) bond motifs is 1. The lowest BCUT2D eigenvalue weighted by Gasteiger charge is -2.45. The number of aldehydes is 1. The molecule has 2 aliphatic rings. The van der Waals surface area contributed by atoms with Crippen LogP contribution in [0, 0.1) is 0 Å². The minimum Gasteiger partial charge on any atom is -0.404 e. The van der Waals surface area contributed by atoms with Crippen LogP contribution in [0.25, 0.3) is 0 Å². The fourth-order valence-corrected chi connectivity index (χ4v) is 10.4. The van der Waals surface area contributed by atoms with E-state index in [2.05, 4.69) is 45.0 Å². The lowest BCUT2D eigenvalue weighted by molar-refractivity contribution is -0.242. The van der Waals surface area contributed by atoms with Crippen LogP contribution in [0.2, 0.25) is 5.04 Å². The summed E-state index contributed by atoms with van der Waals surface area (Å²) in [7, 11) is -2.94. The lowest BCUT2D eigenvalue weighted by Crippen LogP contribution is -2.68. The number of ether oxygens (including phenoxy) is 4. The molecular formula is C32H38O6Si. The molecule has 0 saturated carbocycles. The molecule has 0 N–H and O–H groups in total. The Morgan fingerprint density at radius 1 is 0.821 bits per heavy atom. The first-order valence-electron chi connectivity index (χ1n) is 13.5. The van der Waals surface area contributed by atoms with Gasteiger partial charge in [0.2, 0.25) is 0 Å². The standard InChI is InChI=1S/C32H38O6Si/c1-30(2,3)39(25-17-11-7-12-18-25,26-19-13-8-14-20-26)35-23-32(22-33)28(34-21-24-15-9-6-10-16-24)27-29(38-32)37-31(4,5)36-27/h6-20,22,27-29H,21,23H2,1-5H3/t27-,28+,29+,32-/m1/s1. The largest absolute Gasteiger partial charge is 0.404 e. The molecular weight excluding hydrogens is 508 g/mol. The molecule has 2 saturated heterocycles. The fraction of sp³-hybridized carbons (Fsp3) is 0.406. The van der Waals surface area contributed by atoms with E-state index in [1.807, 2.05) is 80.6 Å². The van der Waals surface area contributed by atoms with Crippen LogP contribution < -0.4 is 10.4 Å². The Morgan fingerprint density at radius 2 is 1.36 bits per heavy atom. The van der Waals surface area contributed by atoms with Gasteiger partial charge in [0, 0.05) is 0 Å². The van der Waals surface area contributed by atoms with Gasteiger partial charge in [0.05, 0.1) is 13.2 Å². The van der Waals surface area contributed by atoms with Crippen LogP contribution >= 0.6 is 0 Å². The molecule has 2 aliphatic heterocycles. The molecule has 39 heavy (non-hydrogen) atoms. The second-order valence-electron chi connectivity index (χ2n) is 11.8. The van der Waals surface area contributed by atoms with E-state index in [9.17, 15) is 4.79 Å². The monoisotopic (exact) mass is 546 g/mol. The van der Waals surface area contributed by atoms with Gasteiger partial charge in [-0.15, -0.1) is 0 Å². The van der Waals surface area contributed by atoms with Crippen molar-refractivity contribution in [1.29, 1.82) is 0 Å². The molecule has 5 rings (SSSR count). The zero-order chi connectivity index (χ0) is 27.7. The molecule has 0 unspecified atom stereocenters. The van der Waals surface area contributed by atoms with Gasteiger partial charge in [-0.25, -0.2) is 0 Å². The molecule has 0 bridgehead atoms. The minimum atomic E-state index is -2.94. The van der Waals surface area contributed by atoms with Crippen LogP contribution in [0.3, 0.4) is 0 Å². The average Bonchev–Trinajstić information content (AvgIpc) is 3.37. The van der Waals surface area contributed by atoms with Gasteiger partial charge in [-0.1, -0.05) is 112 Å². The Morgan fingerprint density at radius 3 is 1.87 bits per heavy atom. The van der Waals surface area contributed by atoms with Gasteiger partial charge in [-0.3, -0.25) is 4.79 Å². The molecule has 6 nitrogen and oxygen atoms in total. The van der Waals surface area contributed by atoms with E-state index in [4.69, 9.17) is 23.4 Å². The molecule has 3 aromatic rings. The quantitative estimate of drug-likeness (QED) is 0.289. The number of carbonyl (C=O) groups excluding carboxylic acids is 1. The second-order valence-corrected chi connectivity index (χ2v) is 16.1. The van der Waals surface area contributed by atoms with Crippen molar-refractivity contribution in [3.8, 4) is 0 Å². The predicted octanol–water partition coefficient (Wildman–Crippen LogP) is 4.59. The van der Waals surface area contributed by atoms with E-state index in [1.165, 1.54) is 0 Å². The van der Waals surface area contributed by atoms with Crippen LogP contribution in [0.4, 0.5) is 0 Å². The first-order valence-corrected chi connectivity index (χ1v) is 15.4. The van der Waals surface area contributed by atoms with Crippen molar-refractivity contribution < 1.29 is 28.2 Å². The molecule has 0 spiro atoms. The van der Waals surface area contributed by atoms with Gasteiger partial charge >= 0.3 is 0 Å². The molecule has 0 radical (unpaired) electrons. The number of benzene rings is 3. The van der Waals surface area contributed by atoms with Gasteiger partial charge in [-0.05, 0) is 34.8 Å². The van der Waals surface area contributed by atoms with Gasteiger partial charge in [-0.2, -0.15) is 0 Å². The molecule has 7 heteroatoms. The summed E-state index contributed by atoms with van der Waals surface area (Å²) in [4.78, 5) is 13.0. The normalized spacial score (nSPS) is 26.3. The first kappa shape index (κ1) is 27.9. The summed E-state index contributed by atoms with van der Waals surface area (Å²) in [6, 6.07) is 30.5. The van der Waals surface area contributed by atoms with Gasteiger partial charge in [0.1, 0.15) is 12.2 Å². The highest BCUT2D eigenvalue weighted by Crippen LogP contribution is 2.45. The summed E-state index contributed by atoms with van der Waals surface area (Å²) in [5, 5.41) is 1.99. The first-order chi connectivity index (χ1) is 18.6. The van der Waals surface area contributed by atoms with Crippen molar-refractivity contribution in [1.82, 2.24) is 0 Å². The van der Waals surface area contributed by atoms with Gasteiger partial charge in [0.25, 0.3) is 8.32 Å². The molecule has 2 fully saturated rings. The summed E-state index contributed by atoms with van der Waals surface area (Å²) in [6.07, 6.45) is -1.22. The third kappa shape index (κ3) is 5.27. The SMILES string of the molecule is CC1(C)O[C@H]2O[C@](C=O)(CO[Si](c3ccccc3)(c3ccccc3)C(C)(C)C)[C@@H](OCc3ccccc3)[C@H]2O1. The van der Waals surface area contributed by atoms with Crippen LogP contribution in [-0.2, 0) is 34.8 Å². The summed E-state index contributed by atoms with van der Waals surface area (Å²) in [6.45, 7) is 10.6. The molecule has 206 valence electrons. The van der Waals surface area contributed by atoms with Crippen LogP contribution in [-0.4, -0.2) is 51.1 Å². The smallest absolute Gasteiger partial charge is 0.261 e. The van der Waals surface area contributed by atoms with E-state index in [-0.39, 0.29) is 11.6 Å². The summed E-state index contributed by atoms with van der Waals surface area (Å²) in [5.41, 5.74) is -0.417. The number of hydrogen-bond donors (Lipinski definition) is 0. The zero-order valence-electron chi connectivity index (χ0n) is 23.3. The molecule has 0 aliphatic carbocycles. The van der Waals surface area contributed by atoms with Crippen molar-refractivity contribution in [2.45, 2.75) is 76.1 Å². The Labute approximate surface area is 232 Å². The minimum absolute atomic E-state index is 0.00336. The second kappa shape index (κ2) is 10.7. The van der Waals surface area contributed by atoms with E-state index >= 15 is 0 Å². The third-order valence-corrected chi connectivity index (χ3v) is 12.6. The Bertz CT molecular complexity index is 1200. The molecule has 0 amide bonds. The summed E-state index contributed by atoms with van der Waals surface area (Å²) >= 11 is 0. The summed E-state index contributed by atoms with van der Waals surface area (Å²) < 4.78 is 32.2. The Hall–Kier alpha value is -2.65. The van der Waals surface area contributed by atoms with E-state index in [0.29, 0.717) is 6.61 Å². The molecule has 3 aromatic carbocycles. The number of rotatable bonds is 9. The molecule has 0 aromatic heterocycles. The Kier molecular flexibility index (Phi) is 7.67. The highest BCUT2D eigenvalue weighted by Gasteiger charge is 2.64. The zero-order valence-corrected chi connectivity index (χ0v) is 24.3. The average molecular weight is 547 g/mol. The van der Waals surface area contributed by atoms with Crippen molar-refractivity contribution in [2.75, 3.05) is 6.61 Å². The van der Waals surface area contributed by atoms with Crippen LogP contribution in [0.1, 0.15) is 40.2 Å². The van der Waals surface area contributed by atoms with Crippen molar-refractivity contribution in [2.24, 2.45) is 0 Å². The lowest BCUT2D eigenvalue weighted by atomic mass is 9.97.